The third-order valence-corrected chi connectivity index (χ3v) is 10.7. The monoisotopic (exact) mass is 878 g/mol. The molecule has 1 radical (unpaired) electrons. The second-order valence-corrected chi connectivity index (χ2v) is 16.4. The van der Waals surface area contributed by atoms with Crippen LogP contribution < -0.4 is 0 Å². The molecule has 6 heteroatoms. The van der Waals surface area contributed by atoms with E-state index < -0.39 is 0 Å². The first-order chi connectivity index (χ1) is 24.3. The van der Waals surface area contributed by atoms with Crippen LogP contribution in [0.4, 0.5) is 0 Å². The molecule has 0 amide bonds. The molecule has 4 aromatic carbocycles. The summed E-state index contributed by atoms with van der Waals surface area (Å²) < 4.78 is 7.71. The van der Waals surface area contributed by atoms with Crippen LogP contribution in [-0.4, -0.2) is 15.0 Å². The quantitative estimate of drug-likeness (QED) is 0.166. The summed E-state index contributed by atoms with van der Waals surface area (Å²) in [6.07, 6.45) is 3.91. The normalized spacial score (nSPS) is 11.8. The molecule has 265 valence electrons. The summed E-state index contributed by atoms with van der Waals surface area (Å²) in [5.41, 5.74) is 13.9. The van der Waals surface area contributed by atoms with E-state index >= 15 is 0 Å². The van der Waals surface area contributed by atoms with Crippen LogP contribution in [-0.2, 0) is 30.9 Å². The predicted molar refractivity (Wildman–Crippen MR) is 215 cm³/mol. The maximum atomic E-state index is 6.53. The average molecular weight is 878 g/mol. The number of furan rings is 1. The molecule has 8 rings (SSSR count). The van der Waals surface area contributed by atoms with Gasteiger partial charge in [0.1, 0.15) is 5.58 Å². The van der Waals surface area contributed by atoms with Crippen LogP contribution >= 0.6 is 11.3 Å². The third kappa shape index (κ3) is 7.25. The number of thiazole rings is 1. The van der Waals surface area contributed by atoms with Crippen molar-refractivity contribution in [2.75, 3.05) is 0 Å². The van der Waals surface area contributed by atoms with Gasteiger partial charge in [0, 0.05) is 48.9 Å². The Balaban J connectivity index is 0.000000279. The van der Waals surface area contributed by atoms with Crippen LogP contribution in [0.2, 0.25) is 0 Å². The summed E-state index contributed by atoms with van der Waals surface area (Å²) in [6.45, 7) is 19.8. The number of aryl methyl sites for hydroxylation is 3. The molecule has 4 aromatic heterocycles. The largest absolute Gasteiger partial charge is 0.501 e. The van der Waals surface area contributed by atoms with Gasteiger partial charge in [-0.25, -0.2) is 4.98 Å². The SMILES string of the molecule is Cc1ccc(-c2[c-]cccc2)nc1.Cc1cccc(C)c1-c1cnc(-c2[c-]ccc3c2oc2ccc4nc(C(C)(C)C)sc4c23)cc1C(C)(C)C.[Ir]. The molecule has 0 saturated carbocycles. The van der Waals surface area contributed by atoms with Gasteiger partial charge in [0.25, 0.3) is 0 Å². The maximum Gasteiger partial charge on any atom is 0.122 e. The summed E-state index contributed by atoms with van der Waals surface area (Å²) in [5.74, 6) is 0. The molecule has 0 aliphatic rings. The minimum atomic E-state index is -0.0678. The molecule has 0 unspecified atom stereocenters. The Kier molecular flexibility index (Phi) is 10.4. The van der Waals surface area contributed by atoms with Crippen molar-refractivity contribution in [1.82, 2.24) is 15.0 Å². The zero-order valence-corrected chi connectivity index (χ0v) is 34.4. The van der Waals surface area contributed by atoms with E-state index in [0.29, 0.717) is 0 Å². The summed E-state index contributed by atoms with van der Waals surface area (Å²) in [5, 5.41) is 3.35. The summed E-state index contributed by atoms with van der Waals surface area (Å²) in [4.78, 5) is 14.3. The van der Waals surface area contributed by atoms with Crippen molar-refractivity contribution in [1.29, 1.82) is 0 Å². The van der Waals surface area contributed by atoms with Crippen LogP contribution in [0.15, 0.2) is 102 Å². The van der Waals surface area contributed by atoms with E-state index in [2.05, 4.69) is 115 Å². The van der Waals surface area contributed by atoms with Crippen LogP contribution in [0.5, 0.6) is 0 Å². The minimum absolute atomic E-state index is 0. The molecule has 0 saturated heterocycles. The Morgan fingerprint density at radius 1 is 0.712 bits per heavy atom. The molecular weight excluding hydrogens is 835 g/mol. The van der Waals surface area contributed by atoms with Crippen LogP contribution in [0.1, 0.15) is 68.8 Å². The minimum Gasteiger partial charge on any atom is -0.501 e. The topological polar surface area (TPSA) is 51.8 Å². The fraction of sp³-hybridized carbons (Fsp3) is 0.239. The van der Waals surface area contributed by atoms with Gasteiger partial charge in [-0.2, -0.15) is 0 Å². The molecule has 52 heavy (non-hydrogen) atoms. The van der Waals surface area contributed by atoms with Gasteiger partial charge in [-0.15, -0.1) is 65.4 Å². The van der Waals surface area contributed by atoms with E-state index in [1.165, 1.54) is 38.1 Å². The number of pyridine rings is 2. The number of rotatable bonds is 3. The van der Waals surface area contributed by atoms with E-state index in [4.69, 9.17) is 14.4 Å². The van der Waals surface area contributed by atoms with E-state index in [-0.39, 0.29) is 30.9 Å². The van der Waals surface area contributed by atoms with Crippen molar-refractivity contribution >= 4 is 43.5 Å². The van der Waals surface area contributed by atoms with Crippen LogP contribution in [0, 0.1) is 32.9 Å². The van der Waals surface area contributed by atoms with Gasteiger partial charge in [-0.05, 0) is 77.5 Å². The summed E-state index contributed by atoms with van der Waals surface area (Å²) >= 11 is 1.77. The number of hydrogen-bond donors (Lipinski definition) is 0. The zero-order valence-electron chi connectivity index (χ0n) is 31.2. The number of aromatic nitrogens is 3. The van der Waals surface area contributed by atoms with Gasteiger partial charge in [0.2, 0.25) is 0 Å². The third-order valence-electron chi connectivity index (χ3n) is 9.21. The van der Waals surface area contributed by atoms with Crippen LogP contribution in [0.25, 0.3) is 65.8 Å². The summed E-state index contributed by atoms with van der Waals surface area (Å²) in [6, 6.07) is 35.5. The number of nitrogens with zero attached hydrogens (tertiary/aromatic N) is 3. The van der Waals surface area contributed by atoms with Gasteiger partial charge >= 0.3 is 0 Å². The van der Waals surface area contributed by atoms with E-state index in [0.717, 1.165) is 55.0 Å². The van der Waals surface area contributed by atoms with Crippen molar-refractivity contribution in [3.8, 4) is 33.6 Å². The number of hydrogen-bond acceptors (Lipinski definition) is 5. The Morgan fingerprint density at radius 3 is 2.12 bits per heavy atom. The molecular formula is C46H43IrN3OS-2. The first-order valence-corrected chi connectivity index (χ1v) is 18.3. The molecule has 0 aliphatic heterocycles. The fourth-order valence-electron chi connectivity index (χ4n) is 6.55. The molecule has 4 nitrogen and oxygen atoms in total. The molecule has 0 aliphatic carbocycles. The van der Waals surface area contributed by atoms with Crippen molar-refractivity contribution < 1.29 is 24.5 Å². The standard InChI is InChI=1S/C34H33N2OS.C12H10N.Ir/c1-19-11-9-12-20(2)28(19)23-18-35-26(17-24(23)33(3,4)5)21-13-10-14-22-29-27(37-30(21)22)16-15-25-31(29)38-32(36-25)34(6,7)8;1-10-7-8-12(13-9-10)11-5-3-2-4-6-11;/h9-12,14-18H,1-8H3;2-5,7-9H,1H3;/q2*-1;. The first kappa shape index (κ1) is 37.3. The molecule has 0 bridgehead atoms. The number of benzene rings is 4. The fourth-order valence-corrected chi connectivity index (χ4v) is 7.73. The van der Waals surface area contributed by atoms with Gasteiger partial charge in [0.15, 0.2) is 0 Å². The Bertz CT molecular complexity index is 2500. The Morgan fingerprint density at radius 2 is 1.46 bits per heavy atom. The van der Waals surface area contributed by atoms with E-state index in [1.807, 2.05) is 61.8 Å². The molecule has 0 N–H and O–H groups in total. The first-order valence-electron chi connectivity index (χ1n) is 17.4. The molecule has 4 heterocycles. The van der Waals surface area contributed by atoms with Crippen molar-refractivity contribution in [3.05, 3.63) is 137 Å². The van der Waals surface area contributed by atoms with Crippen LogP contribution in [0.3, 0.4) is 0 Å². The second kappa shape index (κ2) is 14.5. The molecule has 0 fully saturated rings. The predicted octanol–water partition coefficient (Wildman–Crippen LogP) is 12.8. The van der Waals surface area contributed by atoms with Crippen molar-refractivity contribution in [3.63, 3.8) is 0 Å². The van der Waals surface area contributed by atoms with Gasteiger partial charge in [0.05, 0.1) is 20.8 Å². The smallest absolute Gasteiger partial charge is 0.122 e. The Labute approximate surface area is 324 Å². The molecule has 0 spiro atoms. The van der Waals surface area contributed by atoms with Crippen molar-refractivity contribution in [2.45, 2.75) is 73.1 Å². The second-order valence-electron chi connectivity index (χ2n) is 15.4. The molecule has 0 atom stereocenters. The molecule has 8 aromatic rings. The van der Waals surface area contributed by atoms with Gasteiger partial charge < -0.3 is 14.4 Å². The maximum absolute atomic E-state index is 6.53. The van der Waals surface area contributed by atoms with Crippen molar-refractivity contribution in [2.24, 2.45) is 0 Å². The van der Waals surface area contributed by atoms with E-state index in [1.54, 1.807) is 11.3 Å². The zero-order chi connectivity index (χ0) is 36.1. The van der Waals surface area contributed by atoms with Gasteiger partial charge in [-0.1, -0.05) is 88.9 Å². The number of fused-ring (bicyclic) bond motifs is 5. The Hall–Kier alpha value is -4.48. The van der Waals surface area contributed by atoms with Gasteiger partial charge in [-0.3, -0.25) is 0 Å². The average Bonchev–Trinajstić information content (AvgIpc) is 3.71. The van der Waals surface area contributed by atoms with E-state index in [9.17, 15) is 0 Å². The summed E-state index contributed by atoms with van der Waals surface area (Å²) in [7, 11) is 0.